The molecule has 1 aromatic heterocycles. The van der Waals surface area contributed by atoms with Crippen LogP contribution in [0.4, 0.5) is 0 Å². The maximum absolute atomic E-state index is 11.1. The molecule has 1 rings (SSSR count). The second kappa shape index (κ2) is 3.90. The SMILES string of the molecule is CCCOC(=O)c1cc(C)no1. The molecule has 1 heterocycles. The van der Waals surface area contributed by atoms with Crippen molar-refractivity contribution >= 4 is 5.97 Å². The summed E-state index contributed by atoms with van der Waals surface area (Å²) in [7, 11) is 0. The molecule has 12 heavy (non-hydrogen) atoms. The Morgan fingerprint density at radius 1 is 1.75 bits per heavy atom. The summed E-state index contributed by atoms with van der Waals surface area (Å²) in [6.45, 7) is 4.09. The Kier molecular flexibility index (Phi) is 2.85. The zero-order chi connectivity index (χ0) is 8.97. The zero-order valence-electron chi connectivity index (χ0n) is 7.16. The fourth-order valence-electron chi connectivity index (χ4n) is 0.726. The van der Waals surface area contributed by atoms with Gasteiger partial charge in [-0.3, -0.25) is 0 Å². The molecule has 4 nitrogen and oxygen atoms in total. The summed E-state index contributed by atoms with van der Waals surface area (Å²) < 4.78 is 9.52. The van der Waals surface area contributed by atoms with Crippen molar-refractivity contribution in [2.24, 2.45) is 0 Å². The summed E-state index contributed by atoms with van der Waals surface area (Å²) in [6.07, 6.45) is 0.804. The molecule has 0 aromatic carbocycles. The van der Waals surface area contributed by atoms with Gasteiger partial charge in [0.1, 0.15) is 0 Å². The summed E-state index contributed by atoms with van der Waals surface area (Å²) in [5.41, 5.74) is 0.679. The van der Waals surface area contributed by atoms with Gasteiger partial charge in [0.15, 0.2) is 0 Å². The van der Waals surface area contributed by atoms with E-state index in [4.69, 9.17) is 9.26 Å². The molecule has 0 amide bonds. The number of aromatic nitrogens is 1. The van der Waals surface area contributed by atoms with E-state index in [-0.39, 0.29) is 5.76 Å². The third kappa shape index (κ3) is 2.08. The highest BCUT2D eigenvalue weighted by molar-refractivity contribution is 5.86. The molecule has 0 saturated heterocycles. The minimum Gasteiger partial charge on any atom is -0.460 e. The van der Waals surface area contributed by atoms with E-state index in [1.807, 2.05) is 6.92 Å². The molecule has 0 radical (unpaired) electrons. The third-order valence-corrected chi connectivity index (χ3v) is 1.27. The Hall–Kier alpha value is -1.32. The fraction of sp³-hybridized carbons (Fsp3) is 0.500. The normalized spacial score (nSPS) is 9.83. The van der Waals surface area contributed by atoms with Gasteiger partial charge in [0.2, 0.25) is 5.76 Å². The number of nitrogens with zero attached hydrogens (tertiary/aromatic N) is 1. The van der Waals surface area contributed by atoms with Crippen molar-refractivity contribution in [2.75, 3.05) is 6.61 Å². The Bertz CT molecular complexity index is 267. The van der Waals surface area contributed by atoms with Crippen LogP contribution in [0, 0.1) is 6.92 Å². The molecule has 0 aliphatic rings. The predicted octanol–water partition coefficient (Wildman–Crippen LogP) is 1.55. The number of carbonyl (C=O) groups is 1. The number of hydrogen-bond donors (Lipinski definition) is 0. The van der Waals surface area contributed by atoms with Crippen molar-refractivity contribution in [2.45, 2.75) is 20.3 Å². The maximum Gasteiger partial charge on any atom is 0.377 e. The third-order valence-electron chi connectivity index (χ3n) is 1.27. The quantitative estimate of drug-likeness (QED) is 0.644. The van der Waals surface area contributed by atoms with Crippen LogP contribution in [0.3, 0.4) is 0 Å². The van der Waals surface area contributed by atoms with Gasteiger partial charge in [-0.25, -0.2) is 4.79 Å². The smallest absolute Gasteiger partial charge is 0.377 e. The second-order valence-corrected chi connectivity index (χ2v) is 2.47. The van der Waals surface area contributed by atoms with E-state index in [1.54, 1.807) is 13.0 Å². The van der Waals surface area contributed by atoms with E-state index in [9.17, 15) is 4.79 Å². The van der Waals surface area contributed by atoms with Gasteiger partial charge in [0, 0.05) is 6.07 Å². The topological polar surface area (TPSA) is 52.3 Å². The summed E-state index contributed by atoms with van der Waals surface area (Å²) >= 11 is 0. The Morgan fingerprint density at radius 2 is 2.50 bits per heavy atom. The fourth-order valence-corrected chi connectivity index (χ4v) is 0.726. The van der Waals surface area contributed by atoms with E-state index in [0.717, 1.165) is 6.42 Å². The van der Waals surface area contributed by atoms with E-state index in [2.05, 4.69) is 5.16 Å². The van der Waals surface area contributed by atoms with E-state index in [0.29, 0.717) is 12.3 Å². The molecule has 0 aliphatic carbocycles. The Morgan fingerprint density at radius 3 is 3.00 bits per heavy atom. The molecule has 0 bridgehead atoms. The average molecular weight is 169 g/mol. The first-order valence-corrected chi connectivity index (χ1v) is 3.84. The van der Waals surface area contributed by atoms with Crippen LogP contribution < -0.4 is 0 Å². The lowest BCUT2D eigenvalue weighted by Crippen LogP contribution is -2.04. The van der Waals surface area contributed by atoms with Crippen LogP contribution in [-0.2, 0) is 4.74 Å². The van der Waals surface area contributed by atoms with Gasteiger partial charge in [-0.2, -0.15) is 0 Å². The van der Waals surface area contributed by atoms with Crippen LogP contribution in [0.1, 0.15) is 29.6 Å². The van der Waals surface area contributed by atoms with Gasteiger partial charge in [0.05, 0.1) is 12.3 Å². The molecule has 0 N–H and O–H groups in total. The average Bonchev–Trinajstić information content (AvgIpc) is 2.47. The minimum absolute atomic E-state index is 0.168. The van der Waals surface area contributed by atoms with E-state index < -0.39 is 5.97 Å². The predicted molar refractivity (Wildman–Crippen MR) is 41.8 cm³/mol. The van der Waals surface area contributed by atoms with E-state index in [1.165, 1.54) is 0 Å². The van der Waals surface area contributed by atoms with Crippen LogP contribution in [0.2, 0.25) is 0 Å². The molecule has 0 spiro atoms. The lowest BCUT2D eigenvalue weighted by Gasteiger charge is -1.97. The number of carbonyl (C=O) groups excluding carboxylic acids is 1. The minimum atomic E-state index is -0.447. The first-order valence-electron chi connectivity index (χ1n) is 3.84. The van der Waals surface area contributed by atoms with Crippen LogP contribution in [0.25, 0.3) is 0 Å². The van der Waals surface area contributed by atoms with Gasteiger partial charge < -0.3 is 9.26 Å². The summed E-state index contributed by atoms with van der Waals surface area (Å²) in [4.78, 5) is 11.1. The molecule has 4 heteroatoms. The first kappa shape index (κ1) is 8.77. The maximum atomic E-state index is 11.1. The van der Waals surface area contributed by atoms with Gasteiger partial charge in [-0.15, -0.1) is 0 Å². The largest absolute Gasteiger partial charge is 0.460 e. The lowest BCUT2D eigenvalue weighted by atomic mass is 10.4. The molecule has 1 aromatic rings. The van der Waals surface area contributed by atoms with Crippen molar-refractivity contribution in [3.63, 3.8) is 0 Å². The summed E-state index contributed by atoms with van der Waals surface area (Å²) in [5, 5.41) is 3.57. The second-order valence-electron chi connectivity index (χ2n) is 2.47. The molecule has 0 unspecified atom stereocenters. The zero-order valence-corrected chi connectivity index (χ0v) is 7.16. The van der Waals surface area contributed by atoms with Gasteiger partial charge >= 0.3 is 5.97 Å². The van der Waals surface area contributed by atoms with Crippen molar-refractivity contribution in [3.8, 4) is 0 Å². The first-order chi connectivity index (χ1) is 5.74. The molecular weight excluding hydrogens is 158 g/mol. The van der Waals surface area contributed by atoms with Crippen LogP contribution in [0.5, 0.6) is 0 Å². The van der Waals surface area contributed by atoms with Gasteiger partial charge in [-0.1, -0.05) is 12.1 Å². The van der Waals surface area contributed by atoms with Crippen LogP contribution in [0.15, 0.2) is 10.6 Å². The molecule has 0 aliphatic heterocycles. The molecule has 0 fully saturated rings. The van der Waals surface area contributed by atoms with E-state index >= 15 is 0 Å². The monoisotopic (exact) mass is 169 g/mol. The number of hydrogen-bond acceptors (Lipinski definition) is 4. The van der Waals surface area contributed by atoms with Crippen molar-refractivity contribution in [1.82, 2.24) is 5.16 Å². The Labute approximate surface area is 70.5 Å². The number of ether oxygens (including phenoxy) is 1. The molecular formula is C8H11NO3. The number of aryl methyl sites for hydroxylation is 1. The molecule has 0 saturated carbocycles. The van der Waals surface area contributed by atoms with Crippen molar-refractivity contribution < 1.29 is 14.1 Å². The summed E-state index contributed by atoms with van der Waals surface area (Å²) in [5.74, 6) is -0.279. The van der Waals surface area contributed by atoms with Gasteiger partial charge in [0.25, 0.3) is 0 Å². The molecule has 0 atom stereocenters. The number of esters is 1. The van der Waals surface area contributed by atoms with Gasteiger partial charge in [-0.05, 0) is 13.3 Å². The van der Waals surface area contributed by atoms with Crippen molar-refractivity contribution in [3.05, 3.63) is 17.5 Å². The lowest BCUT2D eigenvalue weighted by molar-refractivity contribution is 0.0458. The van der Waals surface area contributed by atoms with Crippen LogP contribution in [-0.4, -0.2) is 17.7 Å². The Balaban J connectivity index is 2.53. The highest BCUT2D eigenvalue weighted by atomic mass is 16.6. The highest BCUT2D eigenvalue weighted by Gasteiger charge is 2.11. The van der Waals surface area contributed by atoms with Crippen molar-refractivity contribution in [1.29, 1.82) is 0 Å². The standard InChI is InChI=1S/C8H11NO3/c1-3-4-11-8(10)7-5-6(2)9-12-7/h5H,3-4H2,1-2H3. The summed E-state index contributed by atoms with van der Waals surface area (Å²) in [6, 6.07) is 1.55. The number of rotatable bonds is 3. The molecule has 66 valence electrons. The highest BCUT2D eigenvalue weighted by Crippen LogP contribution is 2.03. The van der Waals surface area contributed by atoms with Crippen LogP contribution >= 0.6 is 0 Å².